The molecule has 1 aromatic heterocycles. The number of carbonyl (C=O) groups is 1. The van der Waals surface area contributed by atoms with Crippen LogP contribution in [0.5, 0.6) is 0 Å². The van der Waals surface area contributed by atoms with Crippen LogP contribution in [-0.4, -0.2) is 24.5 Å². The number of nitrogens with zero attached hydrogens (tertiary/aromatic N) is 1. The fourth-order valence-corrected chi connectivity index (χ4v) is 2.74. The Morgan fingerprint density at radius 1 is 1.14 bits per heavy atom. The van der Waals surface area contributed by atoms with Crippen LogP contribution < -0.4 is 4.72 Å². The zero-order chi connectivity index (χ0) is 15.6. The standard InChI is InChI=1S/C12H8F2N2O4S/c13-7-1-3-9(12(17)18)10(5-7)21(19,20)16-11-4-2-8(14)6-15-11/h1-6H,(H,15,16)(H,17,18). The van der Waals surface area contributed by atoms with Crippen molar-refractivity contribution in [3.63, 3.8) is 0 Å². The van der Waals surface area contributed by atoms with Crippen LogP contribution in [0.4, 0.5) is 14.6 Å². The van der Waals surface area contributed by atoms with E-state index in [4.69, 9.17) is 5.11 Å². The summed E-state index contributed by atoms with van der Waals surface area (Å²) in [5.74, 6) is -3.33. The van der Waals surface area contributed by atoms with Gasteiger partial charge in [-0.15, -0.1) is 0 Å². The third-order valence-corrected chi connectivity index (χ3v) is 3.82. The number of carboxylic acid groups (broad SMARTS) is 1. The number of rotatable bonds is 4. The molecule has 9 heteroatoms. The van der Waals surface area contributed by atoms with Crippen molar-refractivity contribution in [2.45, 2.75) is 4.90 Å². The second-order valence-electron chi connectivity index (χ2n) is 3.91. The number of nitrogens with one attached hydrogen (secondary N) is 1. The summed E-state index contributed by atoms with van der Waals surface area (Å²) < 4.78 is 52.0. The minimum absolute atomic E-state index is 0.225. The molecule has 2 rings (SSSR count). The number of aromatic carboxylic acids is 1. The number of halogens is 2. The molecule has 0 bridgehead atoms. The van der Waals surface area contributed by atoms with Crippen molar-refractivity contribution >= 4 is 21.8 Å². The Kier molecular flexibility index (Phi) is 3.85. The van der Waals surface area contributed by atoms with Gasteiger partial charge < -0.3 is 5.11 Å². The number of carboxylic acids is 1. The highest BCUT2D eigenvalue weighted by atomic mass is 32.2. The van der Waals surface area contributed by atoms with Crippen molar-refractivity contribution < 1.29 is 27.1 Å². The summed E-state index contributed by atoms with van der Waals surface area (Å²) >= 11 is 0. The lowest BCUT2D eigenvalue weighted by Crippen LogP contribution is -2.18. The third kappa shape index (κ3) is 3.31. The van der Waals surface area contributed by atoms with E-state index in [1.807, 2.05) is 4.72 Å². The second kappa shape index (κ2) is 5.44. The molecule has 0 fully saturated rings. The lowest BCUT2D eigenvalue weighted by Gasteiger charge is -2.09. The van der Waals surface area contributed by atoms with Gasteiger partial charge in [-0.2, -0.15) is 0 Å². The monoisotopic (exact) mass is 314 g/mol. The molecule has 1 aromatic carbocycles. The molecule has 2 aromatic rings. The molecule has 0 saturated carbocycles. The van der Waals surface area contributed by atoms with E-state index in [0.717, 1.165) is 30.5 Å². The van der Waals surface area contributed by atoms with E-state index in [-0.39, 0.29) is 5.82 Å². The largest absolute Gasteiger partial charge is 0.478 e. The molecule has 0 aliphatic rings. The fraction of sp³-hybridized carbons (Fsp3) is 0. The highest BCUT2D eigenvalue weighted by molar-refractivity contribution is 7.92. The molecule has 0 aliphatic heterocycles. The first kappa shape index (κ1) is 14.9. The maximum absolute atomic E-state index is 13.2. The minimum Gasteiger partial charge on any atom is -0.478 e. The lowest BCUT2D eigenvalue weighted by molar-refractivity contribution is 0.0692. The van der Waals surface area contributed by atoms with E-state index in [0.29, 0.717) is 6.07 Å². The van der Waals surface area contributed by atoms with Crippen molar-refractivity contribution in [1.82, 2.24) is 4.98 Å². The molecule has 2 N–H and O–H groups in total. The van der Waals surface area contributed by atoms with Gasteiger partial charge in [0.15, 0.2) is 0 Å². The van der Waals surface area contributed by atoms with Gasteiger partial charge in [-0.25, -0.2) is 27.0 Å². The predicted octanol–water partition coefficient (Wildman–Crippen LogP) is 1.86. The van der Waals surface area contributed by atoms with E-state index >= 15 is 0 Å². The Morgan fingerprint density at radius 2 is 1.81 bits per heavy atom. The van der Waals surface area contributed by atoms with Crippen LogP contribution >= 0.6 is 0 Å². The fourth-order valence-electron chi connectivity index (χ4n) is 1.52. The average Bonchev–Trinajstić information content (AvgIpc) is 2.41. The van der Waals surface area contributed by atoms with Gasteiger partial charge in [0.1, 0.15) is 22.3 Å². The Labute approximate surface area is 118 Å². The number of benzene rings is 1. The number of sulfonamides is 1. The van der Waals surface area contributed by atoms with E-state index in [1.165, 1.54) is 0 Å². The van der Waals surface area contributed by atoms with Gasteiger partial charge in [-0.3, -0.25) is 4.72 Å². The van der Waals surface area contributed by atoms with Crippen LogP contribution in [0.25, 0.3) is 0 Å². The molecule has 1 heterocycles. The molecule has 110 valence electrons. The summed E-state index contributed by atoms with van der Waals surface area (Å²) in [7, 11) is -4.38. The molecule has 0 atom stereocenters. The number of pyridine rings is 1. The summed E-state index contributed by atoms with van der Waals surface area (Å²) in [6.07, 6.45) is 0.779. The van der Waals surface area contributed by atoms with Crippen LogP contribution in [0.15, 0.2) is 41.4 Å². The van der Waals surface area contributed by atoms with Crippen LogP contribution in [0.3, 0.4) is 0 Å². The van der Waals surface area contributed by atoms with Gasteiger partial charge in [-0.05, 0) is 30.3 Å². The lowest BCUT2D eigenvalue weighted by atomic mass is 10.2. The Hall–Kier alpha value is -2.55. The highest BCUT2D eigenvalue weighted by Crippen LogP contribution is 2.20. The van der Waals surface area contributed by atoms with Crippen LogP contribution in [-0.2, 0) is 10.0 Å². The maximum atomic E-state index is 13.2. The first-order chi connectivity index (χ1) is 9.79. The van der Waals surface area contributed by atoms with Gasteiger partial charge in [0.05, 0.1) is 11.8 Å². The van der Waals surface area contributed by atoms with E-state index < -0.39 is 38.1 Å². The van der Waals surface area contributed by atoms with Crippen LogP contribution in [0, 0.1) is 11.6 Å². The van der Waals surface area contributed by atoms with Crippen molar-refractivity contribution in [2.75, 3.05) is 4.72 Å². The summed E-state index contributed by atoms with van der Waals surface area (Å²) in [6.45, 7) is 0. The molecule has 0 saturated heterocycles. The molecule has 0 radical (unpaired) electrons. The van der Waals surface area contributed by atoms with Crippen molar-refractivity contribution in [2.24, 2.45) is 0 Å². The Bertz CT molecular complexity index is 791. The topological polar surface area (TPSA) is 96.4 Å². The van der Waals surface area contributed by atoms with Crippen molar-refractivity contribution in [1.29, 1.82) is 0 Å². The van der Waals surface area contributed by atoms with Gasteiger partial charge in [0, 0.05) is 0 Å². The van der Waals surface area contributed by atoms with Gasteiger partial charge in [-0.1, -0.05) is 0 Å². The SMILES string of the molecule is O=C(O)c1ccc(F)cc1S(=O)(=O)Nc1ccc(F)cn1. The summed E-state index contributed by atoms with van der Waals surface area (Å²) in [6, 6.07) is 4.26. The zero-order valence-electron chi connectivity index (χ0n) is 10.2. The normalized spacial score (nSPS) is 11.1. The first-order valence-electron chi connectivity index (χ1n) is 5.47. The van der Waals surface area contributed by atoms with Gasteiger partial charge >= 0.3 is 5.97 Å². The Morgan fingerprint density at radius 3 is 2.38 bits per heavy atom. The maximum Gasteiger partial charge on any atom is 0.337 e. The molecular weight excluding hydrogens is 306 g/mol. The number of hydrogen-bond donors (Lipinski definition) is 2. The van der Waals surface area contributed by atoms with E-state index in [1.54, 1.807) is 0 Å². The van der Waals surface area contributed by atoms with Gasteiger partial charge in [0.25, 0.3) is 10.0 Å². The van der Waals surface area contributed by atoms with Crippen molar-refractivity contribution in [3.8, 4) is 0 Å². The summed E-state index contributed by atoms with van der Waals surface area (Å²) in [4.78, 5) is 13.7. The molecule has 0 aliphatic carbocycles. The second-order valence-corrected chi connectivity index (χ2v) is 5.56. The quantitative estimate of drug-likeness (QED) is 0.898. The highest BCUT2D eigenvalue weighted by Gasteiger charge is 2.23. The molecule has 0 amide bonds. The molecular formula is C12H8F2N2O4S. The van der Waals surface area contributed by atoms with Crippen LogP contribution in [0.1, 0.15) is 10.4 Å². The minimum atomic E-state index is -4.38. The van der Waals surface area contributed by atoms with Crippen molar-refractivity contribution in [3.05, 3.63) is 53.7 Å². The Balaban J connectivity index is 2.46. The average molecular weight is 314 g/mol. The summed E-state index contributed by atoms with van der Waals surface area (Å²) in [5.41, 5.74) is -0.592. The molecule has 0 unspecified atom stereocenters. The van der Waals surface area contributed by atoms with Gasteiger partial charge in [0.2, 0.25) is 0 Å². The third-order valence-electron chi connectivity index (χ3n) is 2.43. The van der Waals surface area contributed by atoms with Crippen LogP contribution in [0.2, 0.25) is 0 Å². The number of hydrogen-bond acceptors (Lipinski definition) is 4. The summed E-state index contributed by atoms with van der Waals surface area (Å²) in [5, 5.41) is 8.94. The number of anilines is 1. The molecule has 6 nitrogen and oxygen atoms in total. The molecule has 0 spiro atoms. The number of aromatic nitrogens is 1. The van der Waals surface area contributed by atoms with E-state index in [9.17, 15) is 22.0 Å². The zero-order valence-corrected chi connectivity index (χ0v) is 11.1. The molecule has 21 heavy (non-hydrogen) atoms. The predicted molar refractivity (Wildman–Crippen MR) is 68.4 cm³/mol. The van der Waals surface area contributed by atoms with E-state index in [2.05, 4.69) is 4.98 Å². The first-order valence-corrected chi connectivity index (χ1v) is 6.95. The smallest absolute Gasteiger partial charge is 0.337 e.